The molecule has 7 nitrogen and oxygen atoms in total. The van der Waals surface area contributed by atoms with Crippen LogP contribution in [0.25, 0.3) is 0 Å². The first-order chi connectivity index (χ1) is 12.5. The summed E-state index contributed by atoms with van der Waals surface area (Å²) >= 11 is 0. The van der Waals surface area contributed by atoms with Gasteiger partial charge in [0.1, 0.15) is 0 Å². The number of benzene rings is 2. The Morgan fingerprint density at radius 3 is 2.23 bits per heavy atom. The Balaban J connectivity index is 2.30. The quantitative estimate of drug-likeness (QED) is 0.372. The second kappa shape index (κ2) is 9.28. The third kappa shape index (κ3) is 4.57. The van der Waals surface area contributed by atoms with Gasteiger partial charge in [-0.1, -0.05) is 12.1 Å². The van der Waals surface area contributed by atoms with E-state index in [1.807, 2.05) is 29.2 Å². The van der Waals surface area contributed by atoms with Crippen molar-refractivity contribution in [3.8, 4) is 0 Å². The lowest BCUT2D eigenvalue weighted by Gasteiger charge is -2.26. The van der Waals surface area contributed by atoms with Crippen LogP contribution >= 0.6 is 0 Å². The molecule has 0 saturated heterocycles. The molecule has 8 N–H and O–H groups in total. The maximum Gasteiger partial charge on any atom is 0.0786 e. The first kappa shape index (κ1) is 19.8. The van der Waals surface area contributed by atoms with E-state index in [1.165, 1.54) is 0 Å². The number of nitrogens with zero attached hydrogens (tertiary/aromatic N) is 1. The van der Waals surface area contributed by atoms with Crippen LogP contribution in [0.3, 0.4) is 0 Å². The number of aliphatic hydroxyl groups is 3. The second-order valence-electron chi connectivity index (χ2n) is 6.12. The zero-order chi connectivity index (χ0) is 19.1. The summed E-state index contributed by atoms with van der Waals surface area (Å²) < 4.78 is 0. The van der Waals surface area contributed by atoms with Crippen LogP contribution < -0.4 is 21.7 Å². The Hall–Kier alpha value is -2.48. The molecule has 1 atom stereocenters. The molecule has 142 valence electrons. The molecule has 26 heavy (non-hydrogen) atoms. The maximum absolute atomic E-state index is 10.1. The largest absolute Gasteiger partial charge is 0.398 e. The van der Waals surface area contributed by atoms with Gasteiger partial charge < -0.3 is 37.0 Å². The number of para-hydroxylation sites is 2. The molecule has 0 fully saturated rings. The zero-order valence-electron chi connectivity index (χ0n) is 15.0. The van der Waals surface area contributed by atoms with Crippen molar-refractivity contribution in [2.75, 3.05) is 48.0 Å². The van der Waals surface area contributed by atoms with Crippen LogP contribution in [0.5, 0.6) is 0 Å². The zero-order valence-corrected chi connectivity index (χ0v) is 15.0. The number of anilines is 4. The smallest absolute Gasteiger partial charge is 0.0786 e. The molecule has 0 aliphatic rings. The molecule has 0 radical (unpaired) electrons. The van der Waals surface area contributed by atoms with Crippen molar-refractivity contribution in [1.82, 2.24) is 0 Å². The van der Waals surface area contributed by atoms with Crippen LogP contribution in [0.2, 0.25) is 0 Å². The Kier molecular flexibility index (Phi) is 7.08. The van der Waals surface area contributed by atoms with Crippen LogP contribution in [0.15, 0.2) is 36.4 Å². The fraction of sp³-hybridized carbons (Fsp3) is 0.368. The van der Waals surface area contributed by atoms with E-state index >= 15 is 0 Å². The molecule has 0 bridgehead atoms. The van der Waals surface area contributed by atoms with Crippen molar-refractivity contribution in [3.63, 3.8) is 0 Å². The number of nitrogens with two attached hydrogens (primary N) is 2. The lowest BCUT2D eigenvalue weighted by molar-refractivity contribution is 0.199. The highest BCUT2D eigenvalue weighted by Crippen LogP contribution is 2.31. The maximum atomic E-state index is 10.1. The lowest BCUT2D eigenvalue weighted by Crippen LogP contribution is -2.30. The molecule has 0 aromatic heterocycles. The molecule has 0 aliphatic heterocycles. The van der Waals surface area contributed by atoms with Crippen LogP contribution in [0.1, 0.15) is 24.2 Å². The topological polar surface area (TPSA) is 128 Å². The Morgan fingerprint density at radius 2 is 1.62 bits per heavy atom. The summed E-state index contributed by atoms with van der Waals surface area (Å²) in [6.07, 6.45) is -0.731. The number of hydrogen-bond donors (Lipinski definition) is 6. The summed E-state index contributed by atoms with van der Waals surface area (Å²) in [6, 6.07) is 11.1. The lowest BCUT2D eigenvalue weighted by atomic mass is 9.99. The normalized spacial score (nSPS) is 12.0. The average molecular weight is 360 g/mol. The van der Waals surface area contributed by atoms with Gasteiger partial charge in [-0.25, -0.2) is 0 Å². The van der Waals surface area contributed by atoms with E-state index in [1.54, 1.807) is 19.1 Å². The highest BCUT2D eigenvalue weighted by atomic mass is 16.3. The summed E-state index contributed by atoms with van der Waals surface area (Å²) in [6.45, 7) is 2.86. The first-order valence-corrected chi connectivity index (χ1v) is 8.64. The van der Waals surface area contributed by atoms with Crippen molar-refractivity contribution in [3.05, 3.63) is 47.5 Å². The summed E-state index contributed by atoms with van der Waals surface area (Å²) in [5.74, 6) is 0. The van der Waals surface area contributed by atoms with Crippen molar-refractivity contribution >= 4 is 22.7 Å². The monoisotopic (exact) mass is 360 g/mol. The van der Waals surface area contributed by atoms with E-state index in [9.17, 15) is 15.3 Å². The first-order valence-electron chi connectivity index (χ1n) is 8.64. The molecule has 2 aromatic rings. The summed E-state index contributed by atoms with van der Waals surface area (Å²) in [5.41, 5.74) is 16.3. The molecule has 2 rings (SSSR count). The van der Waals surface area contributed by atoms with E-state index in [4.69, 9.17) is 11.5 Å². The van der Waals surface area contributed by atoms with Crippen LogP contribution in [0, 0.1) is 0 Å². The molecule has 0 amide bonds. The van der Waals surface area contributed by atoms with Crippen molar-refractivity contribution in [1.29, 1.82) is 0 Å². The van der Waals surface area contributed by atoms with E-state index in [2.05, 4.69) is 5.32 Å². The predicted molar refractivity (Wildman–Crippen MR) is 106 cm³/mol. The molecular weight excluding hydrogens is 332 g/mol. The third-order valence-electron chi connectivity index (χ3n) is 4.28. The molecular formula is C19H28N4O3. The molecule has 1 unspecified atom stereocenters. The Labute approximate surface area is 153 Å². The molecule has 0 heterocycles. The van der Waals surface area contributed by atoms with Crippen molar-refractivity contribution in [2.24, 2.45) is 0 Å². The minimum absolute atomic E-state index is 0.0112. The van der Waals surface area contributed by atoms with Gasteiger partial charge in [0.15, 0.2) is 0 Å². The fourth-order valence-corrected chi connectivity index (χ4v) is 3.07. The highest BCUT2D eigenvalue weighted by Gasteiger charge is 2.16. The van der Waals surface area contributed by atoms with Gasteiger partial charge in [-0.05, 0) is 31.2 Å². The molecule has 7 heteroatoms. The molecule has 0 aliphatic carbocycles. The standard InChI is InChI=1S/C19H28N4O3/c1-13(26)19-14(15(20)6-7-16(19)21)12-22-17-4-2-3-5-18(17)23(8-10-24)9-11-25/h2-7,13,22,24-26H,8-12,20-21H2,1H3. The number of nitrogens with one attached hydrogen (secondary N) is 1. The molecule has 0 spiro atoms. The summed E-state index contributed by atoms with van der Waals surface area (Å²) in [5, 5.41) is 32.0. The number of aliphatic hydroxyl groups excluding tert-OH is 3. The Bertz CT molecular complexity index is 716. The van der Waals surface area contributed by atoms with Gasteiger partial charge in [-0.3, -0.25) is 0 Å². The van der Waals surface area contributed by atoms with Gasteiger partial charge in [0, 0.05) is 42.1 Å². The van der Waals surface area contributed by atoms with E-state index in [0.717, 1.165) is 16.9 Å². The van der Waals surface area contributed by atoms with Gasteiger partial charge in [0.25, 0.3) is 0 Å². The number of rotatable bonds is 9. The second-order valence-corrected chi connectivity index (χ2v) is 6.12. The van der Waals surface area contributed by atoms with Gasteiger partial charge in [-0.15, -0.1) is 0 Å². The average Bonchev–Trinajstić information content (AvgIpc) is 2.62. The van der Waals surface area contributed by atoms with Crippen LogP contribution in [-0.2, 0) is 6.54 Å². The Morgan fingerprint density at radius 1 is 1.00 bits per heavy atom. The van der Waals surface area contributed by atoms with Gasteiger partial charge in [0.2, 0.25) is 0 Å². The summed E-state index contributed by atoms with van der Waals surface area (Å²) in [7, 11) is 0. The van der Waals surface area contributed by atoms with Crippen molar-refractivity contribution in [2.45, 2.75) is 19.6 Å². The van der Waals surface area contributed by atoms with Gasteiger partial charge in [-0.2, -0.15) is 0 Å². The summed E-state index contributed by atoms with van der Waals surface area (Å²) in [4.78, 5) is 1.90. The molecule has 0 saturated carbocycles. The van der Waals surface area contributed by atoms with Crippen LogP contribution in [0.4, 0.5) is 22.7 Å². The van der Waals surface area contributed by atoms with Crippen molar-refractivity contribution < 1.29 is 15.3 Å². The van der Waals surface area contributed by atoms with E-state index < -0.39 is 6.10 Å². The molecule has 2 aromatic carbocycles. The minimum atomic E-state index is -0.731. The number of nitrogen functional groups attached to an aromatic ring is 2. The predicted octanol–water partition coefficient (Wildman–Crippen LogP) is 1.31. The van der Waals surface area contributed by atoms with Gasteiger partial charge >= 0.3 is 0 Å². The number of hydrogen-bond acceptors (Lipinski definition) is 7. The van der Waals surface area contributed by atoms with E-state index in [-0.39, 0.29) is 13.2 Å². The van der Waals surface area contributed by atoms with Gasteiger partial charge in [0.05, 0.1) is 30.7 Å². The minimum Gasteiger partial charge on any atom is -0.398 e. The van der Waals surface area contributed by atoms with Crippen LogP contribution in [-0.4, -0.2) is 41.6 Å². The third-order valence-corrected chi connectivity index (χ3v) is 4.28. The SMILES string of the molecule is CC(O)c1c(N)ccc(N)c1CNc1ccccc1N(CCO)CCO. The fourth-order valence-electron chi connectivity index (χ4n) is 3.07. The van der Waals surface area contributed by atoms with E-state index in [0.29, 0.717) is 36.6 Å². The highest BCUT2D eigenvalue weighted by molar-refractivity contribution is 5.71.